The third kappa shape index (κ3) is 3.22. The molecule has 2 saturated heterocycles. The van der Waals surface area contributed by atoms with E-state index in [0.717, 1.165) is 18.5 Å². The van der Waals surface area contributed by atoms with Crippen molar-refractivity contribution in [1.82, 2.24) is 20.0 Å². The molecule has 1 atom stereocenters. The van der Waals surface area contributed by atoms with Crippen LogP contribution in [0.3, 0.4) is 0 Å². The van der Waals surface area contributed by atoms with E-state index in [1.165, 1.54) is 6.07 Å². The Morgan fingerprint density at radius 1 is 1.30 bits per heavy atom. The normalized spacial score (nSPS) is 22.7. The molecular formula is C20H23FN4O2. The number of likely N-dealkylation sites (tertiary alicyclic amines) is 2. The minimum atomic E-state index is -0.551. The summed E-state index contributed by atoms with van der Waals surface area (Å²) in [7, 11) is 0. The van der Waals surface area contributed by atoms with Crippen molar-refractivity contribution >= 4 is 11.8 Å². The standard InChI is InChI=1S/C20H23FN4O2/c1-14-11-17(23-22-14)18(26)25-10-8-20(13-25)7-4-9-24(19(20)27)12-15-5-2-3-6-16(15)21/h2-3,5-6,11H,4,7-10,12-13H2,1H3,(H,22,23). The minimum Gasteiger partial charge on any atom is -0.338 e. The molecule has 2 aliphatic heterocycles. The van der Waals surface area contributed by atoms with Crippen molar-refractivity contribution in [2.24, 2.45) is 5.41 Å². The first-order valence-electron chi connectivity index (χ1n) is 9.33. The molecule has 0 bridgehead atoms. The first-order valence-corrected chi connectivity index (χ1v) is 9.33. The van der Waals surface area contributed by atoms with E-state index in [9.17, 15) is 14.0 Å². The number of aryl methyl sites for hydroxylation is 1. The van der Waals surface area contributed by atoms with Crippen LogP contribution in [0.5, 0.6) is 0 Å². The highest BCUT2D eigenvalue weighted by Crippen LogP contribution is 2.41. The number of nitrogens with one attached hydrogen (secondary N) is 1. The molecule has 2 aromatic rings. The van der Waals surface area contributed by atoms with Crippen LogP contribution in [0.2, 0.25) is 0 Å². The molecule has 1 aromatic heterocycles. The molecule has 4 rings (SSSR count). The Morgan fingerprint density at radius 2 is 2.11 bits per heavy atom. The fourth-order valence-electron chi connectivity index (χ4n) is 4.25. The summed E-state index contributed by atoms with van der Waals surface area (Å²) in [6.07, 6.45) is 2.28. The van der Waals surface area contributed by atoms with Crippen molar-refractivity contribution in [3.05, 3.63) is 53.1 Å². The molecule has 1 unspecified atom stereocenters. The SMILES string of the molecule is Cc1cc(C(=O)N2CCC3(CCCN(Cc4ccccc4F)C3=O)C2)n[nH]1. The summed E-state index contributed by atoms with van der Waals surface area (Å²) in [4.78, 5) is 29.4. The molecule has 2 fully saturated rings. The van der Waals surface area contributed by atoms with Gasteiger partial charge in [-0.2, -0.15) is 5.10 Å². The molecular weight excluding hydrogens is 347 g/mol. The highest BCUT2D eigenvalue weighted by molar-refractivity contribution is 5.94. The summed E-state index contributed by atoms with van der Waals surface area (Å²) in [6, 6.07) is 8.29. The van der Waals surface area contributed by atoms with E-state index in [1.807, 2.05) is 6.92 Å². The third-order valence-corrected chi connectivity index (χ3v) is 5.71. The van der Waals surface area contributed by atoms with Crippen molar-refractivity contribution in [2.45, 2.75) is 32.7 Å². The number of aromatic nitrogens is 2. The van der Waals surface area contributed by atoms with E-state index in [1.54, 1.807) is 34.1 Å². The molecule has 1 aromatic carbocycles. The molecule has 142 valence electrons. The number of H-pyrrole nitrogens is 1. The van der Waals surface area contributed by atoms with Gasteiger partial charge in [0.25, 0.3) is 5.91 Å². The summed E-state index contributed by atoms with van der Waals surface area (Å²) in [5.41, 5.74) is 1.19. The van der Waals surface area contributed by atoms with Crippen LogP contribution in [-0.4, -0.2) is 51.4 Å². The Labute approximate surface area is 157 Å². The molecule has 7 heteroatoms. The second kappa shape index (κ2) is 6.79. The van der Waals surface area contributed by atoms with Gasteiger partial charge >= 0.3 is 0 Å². The van der Waals surface area contributed by atoms with Crippen LogP contribution in [0, 0.1) is 18.2 Å². The number of amides is 2. The van der Waals surface area contributed by atoms with Crippen LogP contribution < -0.4 is 0 Å². The minimum absolute atomic E-state index is 0.0329. The Hall–Kier alpha value is -2.70. The van der Waals surface area contributed by atoms with E-state index < -0.39 is 5.41 Å². The number of carbonyl (C=O) groups is 2. The van der Waals surface area contributed by atoms with Gasteiger partial charge < -0.3 is 9.80 Å². The summed E-state index contributed by atoms with van der Waals surface area (Å²) >= 11 is 0. The Balaban J connectivity index is 1.49. The summed E-state index contributed by atoms with van der Waals surface area (Å²) in [5.74, 6) is -0.400. The number of hydrogen-bond acceptors (Lipinski definition) is 3. The maximum absolute atomic E-state index is 14.0. The second-order valence-corrected chi connectivity index (χ2v) is 7.61. The predicted octanol–water partition coefficient (Wildman–Crippen LogP) is 2.51. The molecule has 1 spiro atoms. The average Bonchev–Trinajstić information content (AvgIpc) is 3.28. The molecule has 0 saturated carbocycles. The van der Waals surface area contributed by atoms with Crippen molar-refractivity contribution in [1.29, 1.82) is 0 Å². The van der Waals surface area contributed by atoms with Gasteiger partial charge in [-0.1, -0.05) is 18.2 Å². The second-order valence-electron chi connectivity index (χ2n) is 7.61. The number of hydrogen-bond donors (Lipinski definition) is 1. The van der Waals surface area contributed by atoms with Crippen LogP contribution in [0.4, 0.5) is 4.39 Å². The number of halogens is 1. The molecule has 2 amide bonds. The van der Waals surface area contributed by atoms with E-state index in [2.05, 4.69) is 10.2 Å². The lowest BCUT2D eigenvalue weighted by atomic mass is 9.78. The maximum Gasteiger partial charge on any atom is 0.274 e. The molecule has 0 radical (unpaired) electrons. The van der Waals surface area contributed by atoms with Crippen LogP contribution in [0.1, 0.15) is 41.0 Å². The van der Waals surface area contributed by atoms with Gasteiger partial charge in [0.15, 0.2) is 0 Å². The number of nitrogens with zero attached hydrogens (tertiary/aromatic N) is 3. The highest BCUT2D eigenvalue weighted by Gasteiger charge is 2.49. The maximum atomic E-state index is 14.0. The first-order chi connectivity index (χ1) is 13.0. The Morgan fingerprint density at radius 3 is 2.85 bits per heavy atom. The first kappa shape index (κ1) is 17.7. The van der Waals surface area contributed by atoms with Crippen molar-refractivity contribution < 1.29 is 14.0 Å². The van der Waals surface area contributed by atoms with Gasteiger partial charge in [0, 0.05) is 37.4 Å². The zero-order valence-corrected chi connectivity index (χ0v) is 15.4. The molecule has 0 aliphatic carbocycles. The smallest absolute Gasteiger partial charge is 0.274 e. The van der Waals surface area contributed by atoms with Gasteiger partial charge in [-0.05, 0) is 38.3 Å². The zero-order valence-electron chi connectivity index (χ0n) is 15.4. The topological polar surface area (TPSA) is 69.3 Å². The van der Waals surface area contributed by atoms with Crippen LogP contribution in [-0.2, 0) is 11.3 Å². The molecule has 3 heterocycles. The van der Waals surface area contributed by atoms with Crippen LogP contribution in [0.15, 0.2) is 30.3 Å². The Kier molecular flexibility index (Phi) is 4.45. The number of piperidine rings is 1. The lowest BCUT2D eigenvalue weighted by Crippen LogP contribution is -2.50. The number of rotatable bonds is 3. The average molecular weight is 370 g/mol. The van der Waals surface area contributed by atoms with Crippen molar-refractivity contribution in [3.8, 4) is 0 Å². The van der Waals surface area contributed by atoms with Gasteiger partial charge in [0.2, 0.25) is 5.91 Å². The lowest BCUT2D eigenvalue weighted by Gasteiger charge is -2.39. The number of carbonyl (C=O) groups excluding carboxylic acids is 2. The largest absolute Gasteiger partial charge is 0.338 e. The molecule has 1 N–H and O–H groups in total. The van der Waals surface area contributed by atoms with E-state index in [0.29, 0.717) is 37.3 Å². The number of aromatic amines is 1. The van der Waals surface area contributed by atoms with Crippen molar-refractivity contribution in [2.75, 3.05) is 19.6 Å². The molecule has 27 heavy (non-hydrogen) atoms. The van der Waals surface area contributed by atoms with Gasteiger partial charge in [-0.25, -0.2) is 4.39 Å². The zero-order chi connectivity index (χ0) is 19.0. The fourth-order valence-corrected chi connectivity index (χ4v) is 4.25. The van der Waals surface area contributed by atoms with Gasteiger partial charge in [-0.3, -0.25) is 14.7 Å². The van der Waals surface area contributed by atoms with E-state index >= 15 is 0 Å². The lowest BCUT2D eigenvalue weighted by molar-refractivity contribution is -0.146. The van der Waals surface area contributed by atoms with E-state index in [-0.39, 0.29) is 24.2 Å². The fraction of sp³-hybridized carbons (Fsp3) is 0.450. The van der Waals surface area contributed by atoms with Crippen molar-refractivity contribution in [3.63, 3.8) is 0 Å². The highest BCUT2D eigenvalue weighted by atomic mass is 19.1. The van der Waals surface area contributed by atoms with Gasteiger partial charge in [0.1, 0.15) is 11.5 Å². The van der Waals surface area contributed by atoms with E-state index in [4.69, 9.17) is 0 Å². The molecule has 6 nitrogen and oxygen atoms in total. The number of benzene rings is 1. The third-order valence-electron chi connectivity index (χ3n) is 5.71. The predicted molar refractivity (Wildman–Crippen MR) is 97.3 cm³/mol. The quantitative estimate of drug-likeness (QED) is 0.903. The Bertz CT molecular complexity index is 880. The molecule has 2 aliphatic rings. The monoisotopic (exact) mass is 370 g/mol. The summed E-state index contributed by atoms with van der Waals surface area (Å²) < 4.78 is 14.0. The van der Waals surface area contributed by atoms with Crippen LogP contribution in [0.25, 0.3) is 0 Å². The summed E-state index contributed by atoms with van der Waals surface area (Å²) in [6.45, 7) is 3.70. The summed E-state index contributed by atoms with van der Waals surface area (Å²) in [5, 5.41) is 6.82. The van der Waals surface area contributed by atoms with Gasteiger partial charge in [0.05, 0.1) is 5.41 Å². The van der Waals surface area contributed by atoms with Crippen LogP contribution >= 0.6 is 0 Å². The van der Waals surface area contributed by atoms with Gasteiger partial charge in [-0.15, -0.1) is 0 Å².